The summed E-state index contributed by atoms with van der Waals surface area (Å²) in [7, 11) is 0. The number of rotatable bonds is 4. The Morgan fingerprint density at radius 3 is 2.94 bits per heavy atom. The molecule has 0 saturated carbocycles. The summed E-state index contributed by atoms with van der Waals surface area (Å²) in [6.45, 7) is 1.86. The van der Waals surface area contributed by atoms with Crippen LogP contribution in [0.3, 0.4) is 0 Å². The normalized spacial score (nSPS) is 12.1. The largest absolute Gasteiger partial charge is 0.467 e. The highest BCUT2D eigenvalue weighted by molar-refractivity contribution is 9.10. The maximum Gasteiger partial charge on any atom is 0.311 e. The van der Waals surface area contributed by atoms with Gasteiger partial charge in [-0.1, -0.05) is 0 Å². The number of halogens is 1. The van der Waals surface area contributed by atoms with Gasteiger partial charge in [0.05, 0.1) is 21.7 Å². The molecule has 0 aliphatic rings. The minimum atomic E-state index is -0.477. The number of furan rings is 1. The maximum absolute atomic E-state index is 10.9. The van der Waals surface area contributed by atoms with E-state index in [1.54, 1.807) is 18.4 Å². The minimum absolute atomic E-state index is 0.0808. The van der Waals surface area contributed by atoms with E-state index in [9.17, 15) is 10.1 Å². The van der Waals surface area contributed by atoms with Crippen LogP contribution in [0.5, 0.6) is 0 Å². The van der Waals surface area contributed by atoms with Crippen molar-refractivity contribution in [3.8, 4) is 0 Å². The molecule has 2 rings (SSSR count). The van der Waals surface area contributed by atoms with Crippen LogP contribution in [0.2, 0.25) is 0 Å². The summed E-state index contributed by atoms with van der Waals surface area (Å²) in [6, 6.07) is 3.39. The number of hydrogen-bond donors (Lipinski definition) is 1. The molecule has 1 N–H and O–H groups in total. The van der Waals surface area contributed by atoms with E-state index in [4.69, 9.17) is 4.42 Å². The molecular formula is C11H10BrN3O3. The van der Waals surface area contributed by atoms with Gasteiger partial charge in [0.25, 0.3) is 0 Å². The fraction of sp³-hybridized carbons (Fsp3) is 0.182. The molecular weight excluding hydrogens is 302 g/mol. The highest BCUT2D eigenvalue weighted by Gasteiger charge is 2.20. The molecule has 0 fully saturated rings. The number of pyridine rings is 1. The van der Waals surface area contributed by atoms with Crippen molar-refractivity contribution in [2.45, 2.75) is 13.0 Å². The zero-order valence-electron chi connectivity index (χ0n) is 9.46. The number of aromatic nitrogens is 1. The van der Waals surface area contributed by atoms with Gasteiger partial charge in [-0.05, 0) is 35.0 Å². The molecule has 94 valence electrons. The summed E-state index contributed by atoms with van der Waals surface area (Å²) in [5.74, 6) is 0.702. The highest BCUT2D eigenvalue weighted by Crippen LogP contribution is 2.33. The van der Waals surface area contributed by atoms with Crippen LogP contribution in [-0.2, 0) is 0 Å². The van der Waals surface area contributed by atoms with Crippen molar-refractivity contribution in [3.63, 3.8) is 0 Å². The van der Waals surface area contributed by atoms with E-state index in [-0.39, 0.29) is 11.7 Å². The molecule has 6 nitrogen and oxygen atoms in total. The van der Waals surface area contributed by atoms with Gasteiger partial charge in [0.15, 0.2) is 0 Å². The molecule has 0 amide bonds. The van der Waals surface area contributed by atoms with E-state index in [0.29, 0.717) is 15.9 Å². The first kappa shape index (κ1) is 12.6. The topological polar surface area (TPSA) is 81.2 Å². The molecule has 0 spiro atoms. The Kier molecular flexibility index (Phi) is 3.61. The number of hydrogen-bond acceptors (Lipinski definition) is 5. The van der Waals surface area contributed by atoms with Gasteiger partial charge in [-0.15, -0.1) is 0 Å². The van der Waals surface area contributed by atoms with E-state index in [0.717, 1.165) is 0 Å². The standard InChI is InChI=1S/C11H10BrN3O3/c1-7(10-3-2-4-18-10)14-11-8(12)5-13-6-9(11)15(16)17/h2-7H,1H3,(H,13,14). The minimum Gasteiger partial charge on any atom is -0.467 e. The molecule has 0 aromatic carbocycles. The maximum atomic E-state index is 10.9. The Morgan fingerprint density at radius 2 is 2.33 bits per heavy atom. The van der Waals surface area contributed by atoms with Crippen LogP contribution in [0.1, 0.15) is 18.7 Å². The molecule has 7 heteroatoms. The van der Waals surface area contributed by atoms with E-state index in [1.807, 2.05) is 6.92 Å². The van der Waals surface area contributed by atoms with Crippen molar-refractivity contribution >= 4 is 27.3 Å². The average molecular weight is 312 g/mol. The van der Waals surface area contributed by atoms with Crippen LogP contribution < -0.4 is 5.32 Å². The quantitative estimate of drug-likeness (QED) is 0.690. The van der Waals surface area contributed by atoms with Gasteiger partial charge in [0, 0.05) is 6.20 Å². The lowest BCUT2D eigenvalue weighted by Crippen LogP contribution is -2.08. The predicted octanol–water partition coefficient (Wildman–Crippen LogP) is 3.52. The van der Waals surface area contributed by atoms with Gasteiger partial charge in [0.1, 0.15) is 17.6 Å². The first-order valence-electron chi connectivity index (χ1n) is 5.17. The van der Waals surface area contributed by atoms with Gasteiger partial charge in [-0.2, -0.15) is 0 Å². The van der Waals surface area contributed by atoms with Gasteiger partial charge >= 0.3 is 5.69 Å². The van der Waals surface area contributed by atoms with Crippen LogP contribution >= 0.6 is 15.9 Å². The molecule has 1 unspecified atom stereocenters. The molecule has 0 bridgehead atoms. The van der Waals surface area contributed by atoms with Crippen molar-refractivity contribution in [1.82, 2.24) is 4.98 Å². The number of anilines is 1. The number of nitro groups is 1. The lowest BCUT2D eigenvalue weighted by molar-refractivity contribution is -0.384. The fourth-order valence-corrected chi connectivity index (χ4v) is 1.97. The second-order valence-corrected chi connectivity index (χ2v) is 4.51. The van der Waals surface area contributed by atoms with Crippen LogP contribution in [0.25, 0.3) is 0 Å². The molecule has 0 saturated heterocycles. The van der Waals surface area contributed by atoms with E-state index in [2.05, 4.69) is 26.2 Å². The molecule has 2 aromatic heterocycles. The van der Waals surface area contributed by atoms with Crippen molar-refractivity contribution in [2.24, 2.45) is 0 Å². The molecule has 18 heavy (non-hydrogen) atoms. The third kappa shape index (κ3) is 2.51. The van der Waals surface area contributed by atoms with Crippen molar-refractivity contribution in [1.29, 1.82) is 0 Å². The van der Waals surface area contributed by atoms with Crippen molar-refractivity contribution in [3.05, 3.63) is 51.1 Å². The lowest BCUT2D eigenvalue weighted by atomic mass is 10.2. The lowest BCUT2D eigenvalue weighted by Gasteiger charge is -2.13. The molecule has 2 aromatic rings. The second kappa shape index (κ2) is 5.18. The van der Waals surface area contributed by atoms with Gasteiger partial charge in [0.2, 0.25) is 0 Å². The number of nitrogens with zero attached hydrogens (tertiary/aromatic N) is 2. The third-order valence-corrected chi connectivity index (χ3v) is 3.01. The van der Waals surface area contributed by atoms with E-state index in [1.165, 1.54) is 12.4 Å². The van der Waals surface area contributed by atoms with Crippen molar-refractivity contribution < 1.29 is 9.34 Å². The van der Waals surface area contributed by atoms with Gasteiger partial charge < -0.3 is 9.73 Å². The predicted molar refractivity (Wildman–Crippen MR) is 69.3 cm³/mol. The average Bonchev–Trinajstić information content (AvgIpc) is 2.85. The zero-order chi connectivity index (χ0) is 13.1. The summed E-state index contributed by atoms with van der Waals surface area (Å²) < 4.78 is 5.78. The van der Waals surface area contributed by atoms with Crippen LogP contribution in [-0.4, -0.2) is 9.91 Å². The third-order valence-electron chi connectivity index (χ3n) is 2.41. The Hall–Kier alpha value is -1.89. The molecule has 0 radical (unpaired) electrons. The Labute approximate surface area is 111 Å². The van der Waals surface area contributed by atoms with Crippen LogP contribution in [0, 0.1) is 10.1 Å². The summed E-state index contributed by atoms with van der Waals surface area (Å²) in [5, 5.41) is 14.0. The van der Waals surface area contributed by atoms with E-state index >= 15 is 0 Å². The van der Waals surface area contributed by atoms with Crippen LogP contribution in [0.4, 0.5) is 11.4 Å². The van der Waals surface area contributed by atoms with Gasteiger partial charge in [-0.25, -0.2) is 0 Å². The summed E-state index contributed by atoms with van der Waals surface area (Å²) in [4.78, 5) is 14.2. The summed E-state index contributed by atoms with van der Waals surface area (Å²) in [6.07, 6.45) is 4.27. The van der Waals surface area contributed by atoms with E-state index < -0.39 is 4.92 Å². The first-order valence-corrected chi connectivity index (χ1v) is 5.96. The smallest absolute Gasteiger partial charge is 0.311 e. The van der Waals surface area contributed by atoms with Crippen LogP contribution in [0.15, 0.2) is 39.7 Å². The number of nitrogens with one attached hydrogen (secondary N) is 1. The zero-order valence-corrected chi connectivity index (χ0v) is 11.0. The SMILES string of the molecule is CC(Nc1c(Br)cncc1[N+](=O)[O-])c1ccco1. The Balaban J connectivity index is 2.31. The van der Waals surface area contributed by atoms with Gasteiger partial charge in [-0.3, -0.25) is 15.1 Å². The summed E-state index contributed by atoms with van der Waals surface area (Å²) >= 11 is 3.25. The Bertz CT molecular complexity index is 557. The Morgan fingerprint density at radius 1 is 1.56 bits per heavy atom. The first-order chi connectivity index (χ1) is 8.59. The molecule has 1 atom stereocenters. The monoisotopic (exact) mass is 311 g/mol. The second-order valence-electron chi connectivity index (χ2n) is 3.65. The highest BCUT2D eigenvalue weighted by atomic mass is 79.9. The van der Waals surface area contributed by atoms with Crippen molar-refractivity contribution in [2.75, 3.05) is 5.32 Å². The molecule has 2 heterocycles. The molecule has 0 aliphatic carbocycles. The summed E-state index contributed by atoms with van der Waals surface area (Å²) in [5.41, 5.74) is 0.307. The molecule has 0 aliphatic heterocycles. The fourth-order valence-electron chi connectivity index (χ4n) is 1.53.